The van der Waals surface area contributed by atoms with E-state index in [1.165, 1.54) is 49.3 Å². The van der Waals surface area contributed by atoms with Crippen molar-refractivity contribution in [3.63, 3.8) is 0 Å². The van der Waals surface area contributed by atoms with Crippen LogP contribution in [0, 0.1) is 47.1 Å². The lowest BCUT2D eigenvalue weighted by Crippen LogP contribution is -2.41. The van der Waals surface area contributed by atoms with Crippen LogP contribution in [0.15, 0.2) is 42.5 Å². The third-order valence-corrected chi connectivity index (χ3v) is 16.7. The summed E-state index contributed by atoms with van der Waals surface area (Å²) in [5.74, 6) is 6.17. The van der Waals surface area contributed by atoms with Gasteiger partial charge >= 0.3 is 0 Å². The van der Waals surface area contributed by atoms with Crippen molar-refractivity contribution in [3.8, 4) is 17.2 Å². The van der Waals surface area contributed by atoms with Crippen LogP contribution in [0.2, 0.25) is 0 Å². The van der Waals surface area contributed by atoms with Gasteiger partial charge in [-0.2, -0.15) is 0 Å². The lowest BCUT2D eigenvalue weighted by molar-refractivity contribution is -0.136. The number of halogens is 2. The zero-order valence-corrected chi connectivity index (χ0v) is 41.9. The molecule has 3 amide bonds. The molecule has 3 saturated heterocycles. The van der Waals surface area contributed by atoms with Gasteiger partial charge in [0.05, 0.1) is 21.3 Å². The summed E-state index contributed by atoms with van der Waals surface area (Å²) < 4.78 is 43.4. The van der Waals surface area contributed by atoms with E-state index in [-0.39, 0.29) is 29.4 Å². The van der Waals surface area contributed by atoms with Gasteiger partial charge in [-0.15, -0.1) is 0 Å². The molecule has 3 aromatic rings. The first-order valence-corrected chi connectivity index (χ1v) is 26.0. The summed E-state index contributed by atoms with van der Waals surface area (Å²) >= 11 is 0. The molecule has 7 aliphatic rings. The molecule has 3 aliphatic heterocycles. The Labute approximate surface area is 404 Å². The number of carbonyl (C=O) groups is 3. The van der Waals surface area contributed by atoms with Crippen molar-refractivity contribution in [1.29, 1.82) is 0 Å². The second-order valence-electron chi connectivity index (χ2n) is 21.4. The quantitative estimate of drug-likeness (QED) is 0.212. The molecule has 3 heterocycles. The molecule has 9 nitrogen and oxygen atoms in total. The SMILES string of the molecule is COc1cc2c(cc1F)CCC2C1CCN(C(=O)C(C)C)CC1.COc1cc2c(cc1F)CCC2C1CCN(C(=O)C2CC2)CC1.COc1ccc2c(c1)C(C1CCN(C(=O)C(C)C)CC1)CC2. The first-order chi connectivity index (χ1) is 32.8. The monoisotopic (exact) mass is 938 g/mol. The molecular weight excluding hydrogens is 861 g/mol. The number of benzene rings is 3. The van der Waals surface area contributed by atoms with Crippen molar-refractivity contribution in [2.24, 2.45) is 35.5 Å². The molecule has 4 aliphatic carbocycles. The Balaban J connectivity index is 0.000000138. The number of piperidine rings is 3. The number of methoxy groups -OCH3 is 3. The van der Waals surface area contributed by atoms with Crippen molar-refractivity contribution in [3.05, 3.63) is 87.5 Å². The lowest BCUT2D eigenvalue weighted by atomic mass is 9.80. The predicted molar refractivity (Wildman–Crippen MR) is 262 cm³/mol. The number of fused-ring (bicyclic) bond motifs is 3. The summed E-state index contributed by atoms with van der Waals surface area (Å²) in [7, 11) is 4.78. The van der Waals surface area contributed by atoms with Crippen LogP contribution < -0.4 is 14.2 Å². The van der Waals surface area contributed by atoms with E-state index in [1.54, 1.807) is 19.2 Å². The van der Waals surface area contributed by atoms with Crippen LogP contribution in [0.4, 0.5) is 8.78 Å². The maximum Gasteiger partial charge on any atom is 0.225 e. The summed E-state index contributed by atoms with van der Waals surface area (Å²) in [4.78, 5) is 42.5. The van der Waals surface area contributed by atoms with Crippen molar-refractivity contribution < 1.29 is 37.4 Å². The Morgan fingerprint density at radius 1 is 0.485 bits per heavy atom. The molecule has 3 unspecified atom stereocenters. The van der Waals surface area contributed by atoms with Crippen molar-refractivity contribution in [2.75, 3.05) is 60.6 Å². The summed E-state index contributed by atoms with van der Waals surface area (Å²) in [5.41, 5.74) is 7.80. The van der Waals surface area contributed by atoms with Crippen molar-refractivity contribution in [2.45, 2.75) is 135 Å². The summed E-state index contributed by atoms with van der Waals surface area (Å²) in [6.07, 6.45) is 15.2. The molecule has 0 aromatic heterocycles. The van der Waals surface area contributed by atoms with Gasteiger partial charge in [-0.1, -0.05) is 33.8 Å². The normalized spacial score (nSPS) is 22.8. The highest BCUT2D eigenvalue weighted by atomic mass is 19.1. The number of aryl methyl sites for hydroxylation is 3. The Morgan fingerprint density at radius 2 is 0.868 bits per heavy atom. The molecular formula is C57H77F2N3O6. The highest BCUT2D eigenvalue weighted by Crippen LogP contribution is 2.47. The Hall–Kier alpha value is -4.67. The first-order valence-electron chi connectivity index (χ1n) is 26.0. The van der Waals surface area contributed by atoms with E-state index in [0.717, 1.165) is 133 Å². The van der Waals surface area contributed by atoms with E-state index in [0.29, 0.717) is 64.7 Å². The molecule has 0 bridgehead atoms. The average Bonchev–Trinajstić information content (AvgIpc) is 3.81. The van der Waals surface area contributed by atoms with Crippen molar-refractivity contribution >= 4 is 17.7 Å². The Morgan fingerprint density at radius 3 is 1.24 bits per heavy atom. The Kier molecular flexibility index (Phi) is 16.1. The van der Waals surface area contributed by atoms with Crippen LogP contribution in [0.3, 0.4) is 0 Å². The van der Waals surface area contributed by atoms with Gasteiger partial charge in [-0.3, -0.25) is 14.4 Å². The molecule has 0 N–H and O–H groups in total. The smallest absolute Gasteiger partial charge is 0.225 e. The van der Waals surface area contributed by atoms with E-state index in [4.69, 9.17) is 14.2 Å². The first kappa shape index (κ1) is 49.7. The molecule has 11 heteroatoms. The van der Waals surface area contributed by atoms with Crippen LogP contribution in [0.25, 0.3) is 0 Å². The fourth-order valence-electron chi connectivity index (χ4n) is 12.7. The fourth-order valence-corrected chi connectivity index (χ4v) is 12.7. The van der Waals surface area contributed by atoms with E-state index >= 15 is 0 Å². The number of hydrogen-bond donors (Lipinski definition) is 0. The number of hydrogen-bond acceptors (Lipinski definition) is 6. The minimum atomic E-state index is -0.260. The van der Waals surface area contributed by atoms with E-state index < -0.39 is 0 Å². The third kappa shape index (κ3) is 11.0. The lowest BCUT2D eigenvalue weighted by Gasteiger charge is -2.36. The van der Waals surface area contributed by atoms with Gasteiger partial charge in [0.15, 0.2) is 23.1 Å². The van der Waals surface area contributed by atoms with Gasteiger partial charge in [0.1, 0.15) is 5.75 Å². The number of rotatable bonds is 9. The topological polar surface area (TPSA) is 88.6 Å². The molecule has 3 atom stereocenters. The van der Waals surface area contributed by atoms with Crippen LogP contribution >= 0.6 is 0 Å². The second-order valence-corrected chi connectivity index (χ2v) is 21.4. The summed E-state index contributed by atoms with van der Waals surface area (Å²) in [5, 5.41) is 0. The summed E-state index contributed by atoms with van der Waals surface area (Å²) in [6, 6.07) is 13.6. The van der Waals surface area contributed by atoms with Crippen LogP contribution in [0.5, 0.6) is 17.2 Å². The second kappa shape index (κ2) is 22.0. The number of nitrogens with zero attached hydrogens (tertiary/aromatic N) is 3. The zero-order chi connectivity index (χ0) is 48.2. The largest absolute Gasteiger partial charge is 0.497 e. The maximum atomic E-state index is 13.9. The molecule has 0 radical (unpaired) electrons. The molecule has 4 fully saturated rings. The maximum absolute atomic E-state index is 13.9. The highest BCUT2D eigenvalue weighted by molar-refractivity contribution is 5.81. The predicted octanol–water partition coefficient (Wildman–Crippen LogP) is 10.9. The molecule has 10 rings (SSSR count). The fraction of sp³-hybridized carbons (Fsp3) is 0.632. The van der Waals surface area contributed by atoms with Crippen LogP contribution in [-0.4, -0.2) is 93.0 Å². The van der Waals surface area contributed by atoms with Gasteiger partial charge in [0.25, 0.3) is 0 Å². The van der Waals surface area contributed by atoms with Gasteiger partial charge in [0, 0.05) is 57.0 Å². The van der Waals surface area contributed by atoms with Gasteiger partial charge < -0.3 is 28.9 Å². The molecule has 1 saturated carbocycles. The highest BCUT2D eigenvalue weighted by Gasteiger charge is 2.39. The van der Waals surface area contributed by atoms with Crippen molar-refractivity contribution in [1.82, 2.24) is 14.7 Å². The molecule has 370 valence electrons. The number of carbonyl (C=O) groups excluding carboxylic acids is 3. The molecule has 3 aromatic carbocycles. The van der Waals surface area contributed by atoms with Gasteiger partial charge in [-0.05, 0) is 195 Å². The Bertz CT molecular complexity index is 2150. The minimum absolute atomic E-state index is 0.0750. The average molecular weight is 938 g/mol. The van der Waals surface area contributed by atoms with Gasteiger partial charge in [-0.25, -0.2) is 8.78 Å². The molecule has 0 spiro atoms. The summed E-state index contributed by atoms with van der Waals surface area (Å²) in [6.45, 7) is 13.3. The third-order valence-electron chi connectivity index (χ3n) is 16.7. The van der Waals surface area contributed by atoms with Crippen LogP contribution in [0.1, 0.15) is 149 Å². The zero-order valence-electron chi connectivity index (χ0n) is 41.9. The number of likely N-dealkylation sites (tertiary alicyclic amines) is 3. The molecule has 68 heavy (non-hydrogen) atoms. The minimum Gasteiger partial charge on any atom is -0.497 e. The van der Waals surface area contributed by atoms with E-state index in [2.05, 4.69) is 28.0 Å². The number of amides is 3. The van der Waals surface area contributed by atoms with E-state index in [1.807, 2.05) is 44.7 Å². The standard InChI is InChI=1S/C19H24FNO2.C19H26FNO2.C19H27NO2/c1-23-18-11-16-14(10-17(18)20)4-5-15(16)12-6-8-21(9-7-12)19(22)13-2-3-13;1-12(2)19(22)21-8-6-13(7-9-21)15-5-4-14-10-17(20)18(23-3)11-16(14)15;1-13(2)19(21)20-10-8-15(9-11-20)17-7-5-14-4-6-16(22-3)12-18(14)17/h10-13,15H,2-9H2,1H3;10-13,15H,4-9H2,1-3H3;4,6,12-13,15,17H,5,7-11H2,1-3H3. The van der Waals surface area contributed by atoms with E-state index in [9.17, 15) is 23.2 Å². The van der Waals surface area contributed by atoms with Gasteiger partial charge in [0.2, 0.25) is 17.7 Å². The number of ether oxygens (including phenoxy) is 3. The van der Waals surface area contributed by atoms with Crippen LogP contribution in [-0.2, 0) is 33.6 Å².